The molecule has 0 aliphatic carbocycles. The van der Waals surface area contributed by atoms with Crippen LogP contribution < -0.4 is 0 Å². The average Bonchev–Trinajstić information content (AvgIpc) is 3.14. The molecule has 1 aromatic carbocycles. The Hall–Kier alpha value is -1.38. The molecule has 0 atom stereocenters. The number of benzene rings is 1. The van der Waals surface area contributed by atoms with Gasteiger partial charge in [0, 0.05) is 5.56 Å². The summed E-state index contributed by atoms with van der Waals surface area (Å²) in [5.74, 6) is 1.83. The van der Waals surface area contributed by atoms with E-state index in [0.717, 1.165) is 19.8 Å². The summed E-state index contributed by atoms with van der Waals surface area (Å²) in [5.41, 5.74) is 2.13. The van der Waals surface area contributed by atoms with Crippen LogP contribution in [0.3, 0.4) is 0 Å². The quantitative estimate of drug-likeness (QED) is 0.654. The molecule has 0 unspecified atom stereocenters. The van der Waals surface area contributed by atoms with Gasteiger partial charge in [0.05, 0.1) is 5.75 Å². The first-order valence-electron chi connectivity index (χ1n) is 6.15. The van der Waals surface area contributed by atoms with Crippen LogP contribution in [0.4, 0.5) is 0 Å². The largest absolute Gasteiger partial charge is 0.338 e. The van der Waals surface area contributed by atoms with Crippen LogP contribution in [0.5, 0.6) is 0 Å². The third-order valence-corrected chi connectivity index (χ3v) is 5.75. The topological polar surface area (TPSA) is 64.7 Å². The molecule has 21 heavy (non-hydrogen) atoms. The van der Waals surface area contributed by atoms with Crippen molar-refractivity contribution in [3.05, 3.63) is 35.7 Å². The van der Waals surface area contributed by atoms with Gasteiger partial charge in [-0.1, -0.05) is 64.3 Å². The summed E-state index contributed by atoms with van der Waals surface area (Å²) >= 11 is 4.72. The van der Waals surface area contributed by atoms with Crippen LogP contribution in [-0.2, 0) is 5.75 Å². The Morgan fingerprint density at radius 3 is 2.76 bits per heavy atom. The molecule has 3 aromatic rings. The highest BCUT2D eigenvalue weighted by Crippen LogP contribution is 2.29. The lowest BCUT2D eigenvalue weighted by atomic mass is 10.1. The van der Waals surface area contributed by atoms with E-state index in [2.05, 4.69) is 20.3 Å². The van der Waals surface area contributed by atoms with E-state index < -0.39 is 0 Å². The molecule has 5 nitrogen and oxygen atoms in total. The van der Waals surface area contributed by atoms with Gasteiger partial charge in [0.15, 0.2) is 8.68 Å². The van der Waals surface area contributed by atoms with Crippen molar-refractivity contribution in [3.8, 4) is 11.4 Å². The molecule has 0 saturated heterocycles. The highest BCUT2D eigenvalue weighted by Gasteiger charge is 2.12. The molecule has 0 radical (unpaired) electrons. The first-order chi connectivity index (χ1) is 10.3. The number of aryl methyl sites for hydroxylation is 1. The lowest BCUT2D eigenvalue weighted by Crippen LogP contribution is -1.85. The summed E-state index contributed by atoms with van der Waals surface area (Å²) in [7, 11) is 0. The van der Waals surface area contributed by atoms with Crippen molar-refractivity contribution < 1.29 is 4.52 Å². The maximum atomic E-state index is 5.30. The first-order valence-corrected chi connectivity index (χ1v) is 9.18. The predicted octanol–water partition coefficient (Wildman–Crippen LogP) is 3.91. The van der Waals surface area contributed by atoms with Crippen molar-refractivity contribution in [1.82, 2.24) is 20.3 Å². The zero-order chi connectivity index (χ0) is 14.7. The van der Waals surface area contributed by atoms with Crippen LogP contribution in [0.15, 0.2) is 37.5 Å². The smallest absolute Gasteiger partial charge is 0.237 e. The second kappa shape index (κ2) is 6.59. The van der Waals surface area contributed by atoms with Crippen LogP contribution in [-0.4, -0.2) is 26.6 Å². The Bertz CT molecular complexity index is 740. The monoisotopic (exact) mass is 336 g/mol. The molecule has 8 heteroatoms. The Labute approximate surface area is 134 Å². The van der Waals surface area contributed by atoms with Gasteiger partial charge in [0.25, 0.3) is 0 Å². The van der Waals surface area contributed by atoms with Gasteiger partial charge in [-0.15, -0.1) is 10.2 Å². The van der Waals surface area contributed by atoms with E-state index >= 15 is 0 Å². The highest BCUT2D eigenvalue weighted by molar-refractivity contribution is 8.02. The minimum absolute atomic E-state index is 0.596. The van der Waals surface area contributed by atoms with Crippen LogP contribution in [0.2, 0.25) is 0 Å². The molecular formula is C13H12N4OS3. The van der Waals surface area contributed by atoms with Crippen LogP contribution in [0, 0.1) is 6.92 Å². The summed E-state index contributed by atoms with van der Waals surface area (Å²) < 4.78 is 7.17. The van der Waals surface area contributed by atoms with Crippen molar-refractivity contribution in [1.29, 1.82) is 0 Å². The summed E-state index contributed by atoms with van der Waals surface area (Å²) in [6.45, 7) is 2.03. The molecule has 0 N–H and O–H groups in total. The van der Waals surface area contributed by atoms with Gasteiger partial charge in [0.2, 0.25) is 11.7 Å². The van der Waals surface area contributed by atoms with E-state index in [-0.39, 0.29) is 0 Å². The number of hydrogen-bond acceptors (Lipinski definition) is 8. The van der Waals surface area contributed by atoms with E-state index in [1.54, 1.807) is 34.9 Å². The zero-order valence-corrected chi connectivity index (χ0v) is 13.9. The molecular weight excluding hydrogens is 324 g/mol. The Balaban J connectivity index is 1.69. The second-order valence-electron chi connectivity index (χ2n) is 4.15. The van der Waals surface area contributed by atoms with Crippen molar-refractivity contribution >= 4 is 34.9 Å². The molecule has 0 bridgehead atoms. The SMILES string of the molecule is CSc1nnc(SCc2nc(-c3ccccc3C)no2)s1. The van der Waals surface area contributed by atoms with Crippen molar-refractivity contribution in [3.63, 3.8) is 0 Å². The summed E-state index contributed by atoms with van der Waals surface area (Å²) in [4.78, 5) is 4.44. The van der Waals surface area contributed by atoms with Gasteiger partial charge < -0.3 is 4.52 Å². The molecule has 108 valence electrons. The number of aromatic nitrogens is 4. The zero-order valence-electron chi connectivity index (χ0n) is 11.4. The Kier molecular flexibility index (Phi) is 4.57. The third kappa shape index (κ3) is 3.45. The normalized spacial score (nSPS) is 11.0. The van der Waals surface area contributed by atoms with Gasteiger partial charge in [-0.25, -0.2) is 0 Å². The second-order valence-corrected chi connectivity index (χ2v) is 7.41. The average molecular weight is 336 g/mol. The molecule has 0 amide bonds. The van der Waals surface area contributed by atoms with E-state index in [1.165, 1.54) is 0 Å². The van der Waals surface area contributed by atoms with Gasteiger partial charge in [0.1, 0.15) is 0 Å². The number of hydrogen-bond donors (Lipinski definition) is 0. The molecule has 2 aromatic heterocycles. The van der Waals surface area contributed by atoms with Gasteiger partial charge in [-0.3, -0.25) is 0 Å². The summed E-state index contributed by atoms with van der Waals surface area (Å²) in [5, 5.41) is 12.2. The van der Waals surface area contributed by atoms with E-state index in [0.29, 0.717) is 17.5 Å². The van der Waals surface area contributed by atoms with Crippen molar-refractivity contribution in [2.45, 2.75) is 21.4 Å². The fourth-order valence-electron chi connectivity index (χ4n) is 1.71. The van der Waals surface area contributed by atoms with Crippen LogP contribution >= 0.6 is 34.9 Å². The first kappa shape index (κ1) is 14.6. The third-order valence-electron chi connectivity index (χ3n) is 2.74. The van der Waals surface area contributed by atoms with E-state index in [1.807, 2.05) is 37.4 Å². The molecule has 0 saturated carbocycles. The van der Waals surface area contributed by atoms with Gasteiger partial charge >= 0.3 is 0 Å². The minimum Gasteiger partial charge on any atom is -0.338 e. The fraction of sp³-hybridized carbons (Fsp3) is 0.231. The summed E-state index contributed by atoms with van der Waals surface area (Å²) in [6, 6.07) is 7.99. The molecule has 0 fully saturated rings. The highest BCUT2D eigenvalue weighted by atomic mass is 32.2. The standard InChI is InChI=1S/C13H12N4OS3/c1-8-5-3-4-6-9(8)11-14-10(18-17-11)7-20-13-16-15-12(19-2)21-13/h3-6H,7H2,1-2H3. The number of thioether (sulfide) groups is 2. The minimum atomic E-state index is 0.596. The molecule has 2 heterocycles. The van der Waals surface area contributed by atoms with Gasteiger partial charge in [-0.05, 0) is 18.7 Å². The summed E-state index contributed by atoms with van der Waals surface area (Å²) in [6.07, 6.45) is 1.99. The lowest BCUT2D eigenvalue weighted by molar-refractivity contribution is 0.391. The van der Waals surface area contributed by atoms with Gasteiger partial charge in [-0.2, -0.15) is 4.98 Å². The van der Waals surface area contributed by atoms with Crippen molar-refractivity contribution in [2.75, 3.05) is 6.26 Å². The van der Waals surface area contributed by atoms with E-state index in [4.69, 9.17) is 4.52 Å². The lowest BCUT2D eigenvalue weighted by Gasteiger charge is -1.97. The molecule has 0 aliphatic heterocycles. The van der Waals surface area contributed by atoms with E-state index in [9.17, 15) is 0 Å². The van der Waals surface area contributed by atoms with Crippen molar-refractivity contribution in [2.24, 2.45) is 0 Å². The fourth-order valence-corrected chi connectivity index (χ4v) is 3.98. The van der Waals surface area contributed by atoms with Crippen LogP contribution in [0.25, 0.3) is 11.4 Å². The Morgan fingerprint density at radius 2 is 2.00 bits per heavy atom. The molecule has 3 rings (SSSR count). The molecule has 0 spiro atoms. The van der Waals surface area contributed by atoms with Crippen LogP contribution in [0.1, 0.15) is 11.5 Å². The molecule has 0 aliphatic rings. The predicted molar refractivity (Wildman–Crippen MR) is 85.7 cm³/mol. The Morgan fingerprint density at radius 1 is 1.19 bits per heavy atom. The maximum absolute atomic E-state index is 5.30. The number of nitrogens with zero attached hydrogens (tertiary/aromatic N) is 4. The maximum Gasteiger partial charge on any atom is 0.237 e. The number of rotatable bonds is 5.